The largest absolute Gasteiger partial charge is 0.416 e. The van der Waals surface area contributed by atoms with E-state index in [0.717, 1.165) is 55.7 Å². The van der Waals surface area contributed by atoms with Crippen molar-refractivity contribution in [2.45, 2.75) is 36.8 Å². The minimum atomic E-state index is -4.59. The van der Waals surface area contributed by atoms with Crippen LogP contribution in [0.3, 0.4) is 0 Å². The molecule has 0 bridgehead atoms. The lowest BCUT2D eigenvalue weighted by Crippen LogP contribution is -2.35. The van der Waals surface area contributed by atoms with Gasteiger partial charge in [0.05, 0.1) is 16.6 Å². The monoisotopic (exact) mass is 465 g/mol. The number of imidazole rings is 1. The van der Waals surface area contributed by atoms with Crippen LogP contribution in [0.4, 0.5) is 30.5 Å². The Labute approximate surface area is 180 Å². The van der Waals surface area contributed by atoms with E-state index in [1.807, 2.05) is 0 Å². The number of rotatable bonds is 3. The van der Waals surface area contributed by atoms with Gasteiger partial charge in [0.2, 0.25) is 5.95 Å². The van der Waals surface area contributed by atoms with Gasteiger partial charge < -0.3 is 9.88 Å². The van der Waals surface area contributed by atoms with E-state index in [4.69, 9.17) is 0 Å². The van der Waals surface area contributed by atoms with Crippen molar-refractivity contribution in [3.63, 3.8) is 0 Å². The zero-order valence-electron chi connectivity index (χ0n) is 16.6. The summed E-state index contributed by atoms with van der Waals surface area (Å²) in [6.07, 6.45) is -1.59. The van der Waals surface area contributed by atoms with E-state index in [9.17, 15) is 26.1 Å². The molecule has 3 heterocycles. The van der Waals surface area contributed by atoms with Crippen LogP contribution in [0.15, 0.2) is 39.4 Å². The number of aromatic amines is 1. The van der Waals surface area contributed by atoms with Crippen LogP contribution in [0.5, 0.6) is 0 Å². The Morgan fingerprint density at radius 2 is 1.84 bits per heavy atom. The van der Waals surface area contributed by atoms with Crippen LogP contribution in [-0.4, -0.2) is 36.0 Å². The van der Waals surface area contributed by atoms with Gasteiger partial charge in [-0.2, -0.15) is 21.6 Å². The number of hydrogen-bond donors (Lipinski definition) is 2. The van der Waals surface area contributed by atoms with Crippen molar-refractivity contribution in [1.82, 2.24) is 9.97 Å². The molecule has 2 aromatic carbocycles. The number of azo groups is 1. The van der Waals surface area contributed by atoms with Crippen molar-refractivity contribution >= 4 is 38.5 Å². The highest BCUT2D eigenvalue weighted by Crippen LogP contribution is 2.43. The van der Waals surface area contributed by atoms with Crippen molar-refractivity contribution in [2.24, 2.45) is 10.2 Å². The zero-order valence-corrected chi connectivity index (χ0v) is 17.5. The average molecular weight is 465 g/mol. The third-order valence-electron chi connectivity index (χ3n) is 5.76. The maximum atomic E-state index is 12.9. The average Bonchev–Trinajstić information content (AvgIpc) is 3.13. The molecule has 1 aromatic heterocycles. The van der Waals surface area contributed by atoms with Crippen LogP contribution in [0.1, 0.15) is 29.5 Å². The van der Waals surface area contributed by atoms with Crippen LogP contribution < -0.4 is 4.90 Å². The maximum Gasteiger partial charge on any atom is 0.416 e. The number of alkyl halides is 3. The lowest BCUT2D eigenvalue weighted by atomic mass is 9.91. The lowest BCUT2D eigenvalue weighted by molar-refractivity contribution is -0.137. The number of nitrogens with zero attached hydrogens (tertiary/aromatic N) is 4. The topological polar surface area (TPSA) is 111 Å². The second-order valence-electron chi connectivity index (χ2n) is 7.87. The van der Waals surface area contributed by atoms with E-state index < -0.39 is 21.9 Å². The predicted molar refractivity (Wildman–Crippen MR) is 110 cm³/mol. The summed E-state index contributed by atoms with van der Waals surface area (Å²) in [5.74, 6) is -0.0754. The second kappa shape index (κ2) is 7.27. The first-order valence-corrected chi connectivity index (χ1v) is 11.5. The number of nitrogens with one attached hydrogen (secondary N) is 1. The van der Waals surface area contributed by atoms with Crippen LogP contribution in [-0.2, 0) is 29.1 Å². The molecule has 0 atom stereocenters. The molecule has 0 saturated heterocycles. The summed E-state index contributed by atoms with van der Waals surface area (Å²) >= 11 is 0. The number of aryl methyl sites for hydroxylation is 1. The van der Waals surface area contributed by atoms with Gasteiger partial charge in [0.1, 0.15) is 10.6 Å². The normalized spacial score (nSPS) is 16.7. The summed E-state index contributed by atoms with van der Waals surface area (Å²) in [5.41, 5.74) is 1.86. The summed E-state index contributed by atoms with van der Waals surface area (Å²) in [4.78, 5) is 8.60. The molecule has 0 amide bonds. The highest BCUT2D eigenvalue weighted by molar-refractivity contribution is 7.86. The smallest absolute Gasteiger partial charge is 0.371 e. The van der Waals surface area contributed by atoms with E-state index in [0.29, 0.717) is 12.0 Å². The molecule has 32 heavy (non-hydrogen) atoms. The van der Waals surface area contributed by atoms with E-state index in [2.05, 4.69) is 25.1 Å². The van der Waals surface area contributed by atoms with Gasteiger partial charge in [0.15, 0.2) is 0 Å². The number of halogens is 3. The molecular formula is C20H18F3N5O3S. The molecule has 0 saturated carbocycles. The van der Waals surface area contributed by atoms with Gasteiger partial charge in [-0.15, -0.1) is 10.2 Å². The summed E-state index contributed by atoms with van der Waals surface area (Å²) in [6, 6.07) is 4.66. The number of benzene rings is 2. The molecule has 0 fully saturated rings. The molecule has 5 rings (SSSR count). The Balaban J connectivity index is 1.60. The van der Waals surface area contributed by atoms with Gasteiger partial charge in [-0.3, -0.25) is 4.55 Å². The van der Waals surface area contributed by atoms with Crippen molar-refractivity contribution in [1.29, 1.82) is 0 Å². The van der Waals surface area contributed by atoms with Gasteiger partial charge in [0, 0.05) is 18.8 Å². The summed E-state index contributed by atoms with van der Waals surface area (Å²) in [6.45, 7) is 1.65. The zero-order chi connectivity index (χ0) is 22.7. The molecule has 2 aliphatic heterocycles. The van der Waals surface area contributed by atoms with Gasteiger partial charge >= 0.3 is 6.18 Å². The number of hydrogen-bond acceptors (Lipinski definition) is 6. The molecule has 8 nitrogen and oxygen atoms in total. The number of H-pyrrole nitrogens is 1. The molecule has 3 aromatic rings. The van der Waals surface area contributed by atoms with Crippen LogP contribution >= 0.6 is 0 Å². The molecule has 12 heteroatoms. The first kappa shape index (κ1) is 20.9. The van der Waals surface area contributed by atoms with Gasteiger partial charge in [0.25, 0.3) is 10.1 Å². The number of anilines is 1. The maximum absolute atomic E-state index is 12.9. The number of fused-ring (bicyclic) bond motifs is 1. The Kier molecular flexibility index (Phi) is 4.75. The minimum absolute atomic E-state index is 0.0126. The van der Waals surface area contributed by atoms with Crippen LogP contribution in [0.25, 0.3) is 11.0 Å². The molecule has 2 N–H and O–H groups in total. The third-order valence-corrected chi connectivity index (χ3v) is 6.73. The van der Waals surface area contributed by atoms with Crippen molar-refractivity contribution < 1.29 is 26.1 Å². The summed E-state index contributed by atoms with van der Waals surface area (Å²) in [7, 11) is -4.59. The van der Waals surface area contributed by atoms with Crippen molar-refractivity contribution in [3.05, 3.63) is 41.0 Å². The SMILES string of the molecule is O=S(=O)(O)c1c(N=Nc2nc3ccc(C(F)(F)F)cc3[nH]2)cc2c3c1CCCN3CCC2. The van der Waals surface area contributed by atoms with E-state index in [1.54, 1.807) is 6.07 Å². The minimum Gasteiger partial charge on any atom is -0.371 e. The molecule has 0 aliphatic carbocycles. The third kappa shape index (κ3) is 3.62. The van der Waals surface area contributed by atoms with E-state index in [1.165, 1.54) is 6.07 Å². The first-order valence-electron chi connectivity index (χ1n) is 10.0. The Bertz CT molecular complexity index is 1360. The fourth-order valence-electron chi connectivity index (χ4n) is 4.50. The van der Waals surface area contributed by atoms with Crippen molar-refractivity contribution in [2.75, 3.05) is 18.0 Å². The summed E-state index contributed by atoms with van der Waals surface area (Å²) in [5, 5.41) is 7.96. The second-order valence-corrected chi connectivity index (χ2v) is 9.23. The molecular weight excluding hydrogens is 447 g/mol. The molecule has 168 valence electrons. The Hall–Kier alpha value is -2.99. The Morgan fingerprint density at radius 3 is 2.56 bits per heavy atom. The highest BCUT2D eigenvalue weighted by atomic mass is 32.2. The van der Waals surface area contributed by atoms with E-state index >= 15 is 0 Å². The summed E-state index contributed by atoms with van der Waals surface area (Å²) < 4.78 is 73.2. The van der Waals surface area contributed by atoms with Gasteiger partial charge in [-0.1, -0.05) is 0 Å². The van der Waals surface area contributed by atoms with E-state index in [-0.39, 0.29) is 27.6 Å². The van der Waals surface area contributed by atoms with Gasteiger partial charge in [-0.05, 0) is 61.1 Å². The fourth-order valence-corrected chi connectivity index (χ4v) is 5.37. The molecule has 0 spiro atoms. The highest BCUT2D eigenvalue weighted by Gasteiger charge is 2.33. The molecule has 0 radical (unpaired) electrons. The van der Waals surface area contributed by atoms with Crippen molar-refractivity contribution in [3.8, 4) is 0 Å². The van der Waals surface area contributed by atoms with Crippen LogP contribution in [0.2, 0.25) is 0 Å². The number of aromatic nitrogens is 2. The standard InChI is InChI=1S/C20H18F3N5O3S/c21-20(22,23)12-5-6-14-15(10-12)25-19(24-14)27-26-16-9-11-3-1-7-28-8-2-4-13(17(11)28)18(16)32(29,30)31/h5-6,9-10H,1-4,7-8H2,(H,24,25)(H,29,30,31). The quantitative estimate of drug-likeness (QED) is 0.420. The lowest BCUT2D eigenvalue weighted by Gasteiger charge is -2.37. The molecule has 2 aliphatic rings. The predicted octanol–water partition coefficient (Wildman–Crippen LogP) is 4.94. The van der Waals surface area contributed by atoms with Crippen LogP contribution in [0, 0.1) is 0 Å². The first-order chi connectivity index (χ1) is 15.1. The molecule has 0 unspecified atom stereocenters. The van der Waals surface area contributed by atoms with Gasteiger partial charge in [-0.25, -0.2) is 4.98 Å². The fraction of sp³-hybridized carbons (Fsp3) is 0.350. The Morgan fingerprint density at radius 1 is 1.09 bits per heavy atom.